The molecule has 1 fully saturated rings. The van der Waals surface area contributed by atoms with Gasteiger partial charge in [0, 0.05) is 22.9 Å². The quantitative estimate of drug-likeness (QED) is 0.897. The maximum absolute atomic E-state index is 13.1. The Labute approximate surface area is 121 Å². The third kappa shape index (κ3) is 3.23. The van der Waals surface area contributed by atoms with E-state index in [1.807, 2.05) is 0 Å². The molecule has 1 aromatic rings. The molecule has 0 amide bonds. The van der Waals surface area contributed by atoms with Crippen LogP contribution in [0.15, 0.2) is 22.7 Å². The zero-order valence-electron chi connectivity index (χ0n) is 11.1. The van der Waals surface area contributed by atoms with Gasteiger partial charge in [0.05, 0.1) is 0 Å². The van der Waals surface area contributed by atoms with Crippen LogP contribution in [0.1, 0.15) is 31.7 Å². The Morgan fingerprint density at radius 2 is 2.32 bits per heavy atom. The third-order valence-electron chi connectivity index (χ3n) is 3.93. The molecule has 0 radical (unpaired) electrons. The van der Waals surface area contributed by atoms with Crippen LogP contribution in [0, 0.1) is 11.2 Å². The lowest BCUT2D eigenvalue weighted by Gasteiger charge is -2.26. The maximum atomic E-state index is 13.1. The summed E-state index contributed by atoms with van der Waals surface area (Å²) in [6.45, 7) is 3.80. The number of hydrogen-bond acceptors (Lipinski definition) is 2. The maximum Gasteiger partial charge on any atom is 0.144 e. The second-order valence-electron chi connectivity index (χ2n) is 5.29. The summed E-state index contributed by atoms with van der Waals surface area (Å²) in [4.78, 5) is 12.6. The summed E-state index contributed by atoms with van der Waals surface area (Å²) in [5.74, 6) is -0.0134. The van der Waals surface area contributed by atoms with Gasteiger partial charge in [0.15, 0.2) is 0 Å². The van der Waals surface area contributed by atoms with Crippen molar-refractivity contribution in [1.29, 1.82) is 0 Å². The van der Waals surface area contributed by atoms with Gasteiger partial charge >= 0.3 is 0 Å². The molecule has 0 spiro atoms. The second-order valence-corrected chi connectivity index (χ2v) is 6.15. The Kier molecular flexibility index (Phi) is 4.74. The van der Waals surface area contributed by atoms with Crippen LogP contribution in [0.4, 0.5) is 4.39 Å². The molecule has 2 nitrogen and oxygen atoms in total. The average molecular weight is 328 g/mol. The molecule has 1 unspecified atom stereocenters. The normalized spacial score (nSPS) is 22.7. The number of ketones is 1. The van der Waals surface area contributed by atoms with Crippen LogP contribution in [0.25, 0.3) is 0 Å². The largest absolute Gasteiger partial charge is 0.316 e. The van der Waals surface area contributed by atoms with E-state index in [1.165, 1.54) is 12.1 Å². The molecule has 1 aliphatic heterocycles. The summed E-state index contributed by atoms with van der Waals surface area (Å²) in [5, 5.41) is 3.30. The number of hydrogen-bond donors (Lipinski definition) is 1. The molecule has 104 valence electrons. The zero-order chi connectivity index (χ0) is 13.9. The Balaban J connectivity index is 2.15. The fourth-order valence-corrected chi connectivity index (χ4v) is 3.33. The van der Waals surface area contributed by atoms with Gasteiger partial charge in [-0.25, -0.2) is 4.39 Å². The van der Waals surface area contributed by atoms with Crippen molar-refractivity contribution >= 4 is 21.7 Å². The van der Waals surface area contributed by atoms with Gasteiger partial charge in [0.1, 0.15) is 11.6 Å². The molecule has 0 aromatic heterocycles. The number of Topliss-reactive ketones (excluding diaryl/α,β-unsaturated/α-hetero) is 1. The fraction of sp³-hybridized carbons (Fsp3) is 0.533. The van der Waals surface area contributed by atoms with Crippen molar-refractivity contribution in [2.24, 2.45) is 5.41 Å². The molecule has 4 heteroatoms. The highest BCUT2D eigenvalue weighted by Crippen LogP contribution is 2.34. The molecule has 1 saturated heterocycles. The van der Waals surface area contributed by atoms with Gasteiger partial charge in [-0.05, 0) is 37.1 Å². The summed E-state index contributed by atoms with van der Waals surface area (Å²) in [6, 6.07) is 4.52. The van der Waals surface area contributed by atoms with Crippen LogP contribution in [0.5, 0.6) is 0 Å². The molecule has 1 atom stereocenters. The summed E-state index contributed by atoms with van der Waals surface area (Å²) >= 11 is 3.33. The number of benzene rings is 1. The first kappa shape index (κ1) is 14.7. The summed E-state index contributed by atoms with van der Waals surface area (Å²) in [5.41, 5.74) is 0.650. The number of halogens is 2. The number of rotatable bonds is 5. The van der Waals surface area contributed by atoms with E-state index in [-0.39, 0.29) is 17.0 Å². The SMILES string of the molecule is CCCC1(C(=O)Cc2ccc(F)cc2Br)CCNC1. The Hall–Kier alpha value is -0.740. The van der Waals surface area contributed by atoms with Crippen LogP contribution in [0.3, 0.4) is 0 Å². The highest BCUT2D eigenvalue weighted by Gasteiger charge is 2.39. The molecule has 1 N–H and O–H groups in total. The molecule has 2 rings (SSSR count). The van der Waals surface area contributed by atoms with E-state index in [9.17, 15) is 9.18 Å². The van der Waals surface area contributed by atoms with Crippen molar-refractivity contribution in [3.8, 4) is 0 Å². The molecule has 0 bridgehead atoms. The third-order valence-corrected chi connectivity index (χ3v) is 4.67. The first-order chi connectivity index (χ1) is 9.07. The predicted octanol–water partition coefficient (Wildman–Crippen LogP) is 3.48. The summed E-state index contributed by atoms with van der Waals surface area (Å²) < 4.78 is 13.7. The van der Waals surface area contributed by atoms with Crippen molar-refractivity contribution in [1.82, 2.24) is 5.32 Å². The summed E-state index contributed by atoms with van der Waals surface area (Å²) in [6.07, 6.45) is 3.23. The number of carbonyl (C=O) groups is 1. The van der Waals surface area contributed by atoms with E-state index in [0.29, 0.717) is 10.9 Å². The minimum Gasteiger partial charge on any atom is -0.316 e. The average Bonchev–Trinajstić information content (AvgIpc) is 2.83. The number of carbonyl (C=O) groups excluding carboxylic acids is 1. The van der Waals surface area contributed by atoms with Crippen molar-refractivity contribution in [3.05, 3.63) is 34.1 Å². The first-order valence-electron chi connectivity index (χ1n) is 6.75. The van der Waals surface area contributed by atoms with Crippen molar-refractivity contribution in [3.63, 3.8) is 0 Å². The van der Waals surface area contributed by atoms with E-state index in [4.69, 9.17) is 0 Å². The molecular formula is C15H19BrFNO. The van der Waals surface area contributed by atoms with E-state index in [2.05, 4.69) is 28.2 Å². The van der Waals surface area contributed by atoms with Crippen molar-refractivity contribution in [2.75, 3.05) is 13.1 Å². The van der Waals surface area contributed by atoms with Gasteiger partial charge < -0.3 is 5.32 Å². The lowest BCUT2D eigenvalue weighted by atomic mass is 9.76. The predicted molar refractivity (Wildman–Crippen MR) is 77.6 cm³/mol. The van der Waals surface area contributed by atoms with E-state index < -0.39 is 0 Å². The summed E-state index contributed by atoms with van der Waals surface area (Å²) in [7, 11) is 0. The van der Waals surface area contributed by atoms with Gasteiger partial charge in [-0.3, -0.25) is 4.79 Å². The fourth-order valence-electron chi connectivity index (χ4n) is 2.84. The van der Waals surface area contributed by atoms with Gasteiger partial charge in [-0.15, -0.1) is 0 Å². The Morgan fingerprint density at radius 1 is 1.53 bits per heavy atom. The number of nitrogens with one attached hydrogen (secondary N) is 1. The van der Waals surface area contributed by atoms with E-state index in [1.54, 1.807) is 6.07 Å². The highest BCUT2D eigenvalue weighted by molar-refractivity contribution is 9.10. The molecular weight excluding hydrogens is 309 g/mol. The standard InChI is InChI=1S/C15H19BrFNO/c1-2-5-15(6-7-18-10-15)14(19)8-11-3-4-12(17)9-13(11)16/h3-4,9,18H,2,5-8,10H2,1H3. The first-order valence-corrected chi connectivity index (χ1v) is 7.55. The second kappa shape index (κ2) is 6.14. The van der Waals surface area contributed by atoms with Gasteiger partial charge in [0.25, 0.3) is 0 Å². The zero-order valence-corrected chi connectivity index (χ0v) is 12.7. The minimum absolute atomic E-state index is 0.220. The van der Waals surface area contributed by atoms with Crippen LogP contribution in [-0.4, -0.2) is 18.9 Å². The lowest BCUT2D eigenvalue weighted by Crippen LogP contribution is -2.34. The lowest BCUT2D eigenvalue weighted by molar-refractivity contribution is -0.127. The molecule has 1 aromatic carbocycles. The van der Waals surface area contributed by atoms with Crippen LogP contribution < -0.4 is 5.32 Å². The van der Waals surface area contributed by atoms with E-state index in [0.717, 1.165) is 37.9 Å². The highest BCUT2D eigenvalue weighted by atomic mass is 79.9. The van der Waals surface area contributed by atoms with Gasteiger partial charge in [-0.2, -0.15) is 0 Å². The molecule has 0 saturated carbocycles. The van der Waals surface area contributed by atoms with Crippen LogP contribution in [-0.2, 0) is 11.2 Å². The molecule has 19 heavy (non-hydrogen) atoms. The topological polar surface area (TPSA) is 29.1 Å². The van der Waals surface area contributed by atoms with Crippen molar-refractivity contribution in [2.45, 2.75) is 32.6 Å². The monoisotopic (exact) mass is 327 g/mol. The Bertz CT molecular complexity index is 469. The van der Waals surface area contributed by atoms with Gasteiger partial charge in [0.2, 0.25) is 0 Å². The van der Waals surface area contributed by atoms with Crippen molar-refractivity contribution < 1.29 is 9.18 Å². The molecule has 1 heterocycles. The van der Waals surface area contributed by atoms with E-state index >= 15 is 0 Å². The smallest absolute Gasteiger partial charge is 0.144 e. The Morgan fingerprint density at radius 3 is 2.89 bits per heavy atom. The molecule has 0 aliphatic carbocycles. The van der Waals surface area contributed by atoms with Crippen LogP contribution in [0.2, 0.25) is 0 Å². The van der Waals surface area contributed by atoms with Gasteiger partial charge in [-0.1, -0.05) is 35.3 Å². The molecule has 1 aliphatic rings. The minimum atomic E-state index is -0.283. The van der Waals surface area contributed by atoms with Crippen LogP contribution >= 0.6 is 15.9 Å².